The maximum absolute atomic E-state index is 14.5. The first-order chi connectivity index (χ1) is 22.6. The largest absolute Gasteiger partial charge is 0.409 e. The summed E-state index contributed by atoms with van der Waals surface area (Å²) in [7, 11) is -11.1. The molecular weight excluding hydrogens is 691 g/mol. The molecule has 5 rings (SSSR count). The van der Waals surface area contributed by atoms with Crippen LogP contribution < -0.4 is 0 Å². The standard InChI is InChI=1S/C33H45N3O10S2Si/c1-8-29-32(34(29)47(41,42)26-14-10-24(11-15-26)35(37)38)21-18-28-30(2,3)19-9-20-31(28,4)33(32,46-49(5,6)7)22-23-45-48(43,44)27-16-12-25(13-17-27)36(39)40/h8,10-17,28-29H,1,9,18-23H2,2-7H3/t28-,29+,31-,32-,33+,34?/m0/s1. The van der Waals surface area contributed by atoms with Gasteiger partial charge in [0, 0.05) is 36.1 Å². The van der Waals surface area contributed by atoms with Crippen LogP contribution in [-0.2, 0) is 28.8 Å². The molecule has 0 amide bonds. The summed E-state index contributed by atoms with van der Waals surface area (Å²) in [5, 5.41) is 22.5. The van der Waals surface area contributed by atoms with Gasteiger partial charge < -0.3 is 4.43 Å². The molecule has 1 saturated heterocycles. The van der Waals surface area contributed by atoms with E-state index in [2.05, 4.69) is 27.4 Å². The average Bonchev–Trinajstić information content (AvgIpc) is 3.68. The topological polar surface area (TPSA) is 176 Å². The van der Waals surface area contributed by atoms with Crippen LogP contribution in [0.15, 0.2) is 71.0 Å². The quantitative estimate of drug-likeness (QED) is 0.0562. The molecule has 0 bridgehead atoms. The van der Waals surface area contributed by atoms with Crippen LogP contribution >= 0.6 is 0 Å². The fraction of sp³-hybridized carbons (Fsp3) is 0.576. The molecule has 0 radical (unpaired) electrons. The summed E-state index contributed by atoms with van der Waals surface area (Å²) in [6, 6.07) is 8.53. The van der Waals surface area contributed by atoms with E-state index in [9.17, 15) is 37.1 Å². The lowest BCUT2D eigenvalue weighted by atomic mass is 9.43. The second-order valence-corrected chi connectivity index (χ2v) is 23.2. The highest BCUT2D eigenvalue weighted by Crippen LogP contribution is 2.73. The van der Waals surface area contributed by atoms with Crippen molar-refractivity contribution in [2.24, 2.45) is 16.7 Å². The third kappa shape index (κ3) is 6.07. The Labute approximate surface area is 289 Å². The van der Waals surface area contributed by atoms with Crippen LogP contribution in [0.1, 0.15) is 59.3 Å². The molecule has 3 fully saturated rings. The summed E-state index contributed by atoms with van der Waals surface area (Å²) in [5.41, 5.74) is -3.59. The van der Waals surface area contributed by atoms with Crippen molar-refractivity contribution in [1.29, 1.82) is 0 Å². The van der Waals surface area contributed by atoms with E-state index in [1.165, 1.54) is 16.4 Å². The second-order valence-electron chi connectivity index (χ2n) is 15.3. The monoisotopic (exact) mass is 735 g/mol. The van der Waals surface area contributed by atoms with Crippen LogP contribution in [-0.4, -0.2) is 63.1 Å². The van der Waals surface area contributed by atoms with E-state index in [-0.39, 0.29) is 45.5 Å². The lowest BCUT2D eigenvalue weighted by Crippen LogP contribution is -2.71. The molecule has 1 spiro atoms. The molecule has 268 valence electrons. The Balaban J connectivity index is 1.64. The van der Waals surface area contributed by atoms with Gasteiger partial charge in [-0.05, 0) is 80.9 Å². The van der Waals surface area contributed by atoms with Crippen LogP contribution in [0, 0.1) is 37.0 Å². The Bertz CT molecular complexity index is 1860. The molecule has 1 aliphatic heterocycles. The summed E-state index contributed by atoms with van der Waals surface area (Å²) >= 11 is 0. The number of sulfonamides is 1. The summed E-state index contributed by atoms with van der Waals surface area (Å²) in [6.07, 6.45) is 5.35. The summed E-state index contributed by atoms with van der Waals surface area (Å²) in [6.45, 7) is 16.4. The Morgan fingerprint density at radius 1 is 0.898 bits per heavy atom. The second kappa shape index (κ2) is 12.3. The van der Waals surface area contributed by atoms with Crippen LogP contribution in [0.25, 0.3) is 0 Å². The highest BCUT2D eigenvalue weighted by atomic mass is 32.2. The maximum Gasteiger partial charge on any atom is 0.296 e. The molecule has 3 aliphatic rings. The number of non-ortho nitro benzene ring substituents is 2. The van der Waals surface area contributed by atoms with Gasteiger partial charge in [0.05, 0.1) is 43.4 Å². The number of hydrogen-bond donors (Lipinski definition) is 0. The first-order valence-electron chi connectivity index (χ1n) is 16.4. The van der Waals surface area contributed by atoms with Crippen molar-refractivity contribution in [3.05, 3.63) is 81.4 Å². The van der Waals surface area contributed by atoms with Gasteiger partial charge in [-0.25, -0.2) is 8.42 Å². The predicted molar refractivity (Wildman–Crippen MR) is 185 cm³/mol. The van der Waals surface area contributed by atoms with E-state index in [1.54, 1.807) is 6.08 Å². The fourth-order valence-corrected chi connectivity index (χ4v) is 13.7. The van der Waals surface area contributed by atoms with E-state index in [1.807, 2.05) is 19.6 Å². The van der Waals surface area contributed by atoms with Crippen molar-refractivity contribution in [3.63, 3.8) is 0 Å². The lowest BCUT2D eigenvalue weighted by Gasteiger charge is -2.66. The van der Waals surface area contributed by atoms with Gasteiger partial charge in [-0.1, -0.05) is 33.3 Å². The highest BCUT2D eigenvalue weighted by Gasteiger charge is 2.83. The minimum absolute atomic E-state index is 0.0448. The number of hydrogen-bond acceptors (Lipinski definition) is 10. The zero-order valence-corrected chi connectivity index (χ0v) is 31.4. The van der Waals surface area contributed by atoms with Crippen molar-refractivity contribution in [2.45, 2.75) is 106 Å². The Kier molecular flexibility index (Phi) is 9.37. The van der Waals surface area contributed by atoms with Gasteiger partial charge >= 0.3 is 0 Å². The molecule has 2 aliphatic carbocycles. The Morgan fingerprint density at radius 3 is 1.92 bits per heavy atom. The van der Waals surface area contributed by atoms with Crippen molar-refractivity contribution in [3.8, 4) is 0 Å². The molecule has 1 heterocycles. The molecule has 13 nitrogen and oxygen atoms in total. The molecule has 1 unspecified atom stereocenters. The molecule has 16 heteroatoms. The van der Waals surface area contributed by atoms with Crippen LogP contribution in [0.5, 0.6) is 0 Å². The number of fused-ring (bicyclic) bond motifs is 1. The molecule has 0 aromatic heterocycles. The maximum atomic E-state index is 14.5. The van der Waals surface area contributed by atoms with Crippen molar-refractivity contribution in [1.82, 2.24) is 4.31 Å². The molecule has 2 aromatic rings. The minimum atomic E-state index is -4.35. The number of nitro benzene ring substituents is 2. The summed E-state index contributed by atoms with van der Waals surface area (Å²) in [5.74, 6) is 0.108. The van der Waals surface area contributed by atoms with E-state index in [4.69, 9.17) is 8.61 Å². The van der Waals surface area contributed by atoms with E-state index >= 15 is 0 Å². The predicted octanol–water partition coefficient (Wildman–Crippen LogP) is 6.81. The Morgan fingerprint density at radius 2 is 1.43 bits per heavy atom. The SMILES string of the molecule is C=C[C@H]1N(S(=O)(=O)c2ccc([N+](=O)[O-])cc2)[C@@]12CC[C@H]1C(C)(C)CCC[C@]1(C)[C@@]2(CCOS(=O)(=O)c1ccc([N+](=O)[O-])cc1)O[Si](C)(C)C. The van der Waals surface area contributed by atoms with Gasteiger partial charge in [0.2, 0.25) is 10.0 Å². The number of nitrogens with zero attached hydrogens (tertiary/aromatic N) is 3. The fourth-order valence-electron chi connectivity index (χ4n) is 9.27. The zero-order chi connectivity index (χ0) is 36.4. The molecule has 49 heavy (non-hydrogen) atoms. The van der Waals surface area contributed by atoms with Crippen molar-refractivity contribution in [2.75, 3.05) is 6.61 Å². The third-order valence-electron chi connectivity index (χ3n) is 11.1. The molecule has 6 atom stereocenters. The van der Waals surface area contributed by atoms with Gasteiger partial charge in [-0.2, -0.15) is 12.7 Å². The average molecular weight is 736 g/mol. The first-order valence-corrected chi connectivity index (χ1v) is 22.6. The van der Waals surface area contributed by atoms with Crippen LogP contribution in [0.3, 0.4) is 0 Å². The number of nitro groups is 2. The van der Waals surface area contributed by atoms with Gasteiger partial charge in [-0.15, -0.1) is 6.58 Å². The Hall–Kier alpha value is -3.02. The summed E-state index contributed by atoms with van der Waals surface area (Å²) < 4.78 is 70.3. The molecular formula is C33H45N3O10S2Si. The van der Waals surface area contributed by atoms with E-state index in [0.717, 1.165) is 55.7 Å². The van der Waals surface area contributed by atoms with Crippen LogP contribution in [0.4, 0.5) is 11.4 Å². The summed E-state index contributed by atoms with van der Waals surface area (Å²) in [4.78, 5) is 20.9. The van der Waals surface area contributed by atoms with E-state index in [0.29, 0.717) is 12.8 Å². The minimum Gasteiger partial charge on any atom is -0.409 e. The molecule has 2 aromatic carbocycles. The number of rotatable bonds is 12. The lowest BCUT2D eigenvalue weighted by molar-refractivity contribution is -0.385. The van der Waals surface area contributed by atoms with Crippen molar-refractivity contribution < 1.29 is 35.3 Å². The zero-order valence-electron chi connectivity index (χ0n) is 28.7. The number of benzene rings is 2. The van der Waals surface area contributed by atoms with Crippen molar-refractivity contribution >= 4 is 39.8 Å². The molecule has 2 saturated carbocycles. The smallest absolute Gasteiger partial charge is 0.296 e. The normalized spacial score (nSPS) is 31.1. The van der Waals surface area contributed by atoms with Gasteiger partial charge in [0.25, 0.3) is 21.5 Å². The van der Waals surface area contributed by atoms with E-state index < -0.39 is 60.9 Å². The van der Waals surface area contributed by atoms with Crippen LogP contribution in [0.2, 0.25) is 19.6 Å². The van der Waals surface area contributed by atoms with Gasteiger partial charge in [-0.3, -0.25) is 24.4 Å². The van der Waals surface area contributed by atoms with Gasteiger partial charge in [0.1, 0.15) is 0 Å². The van der Waals surface area contributed by atoms with Gasteiger partial charge in [0.15, 0.2) is 8.32 Å². The first kappa shape index (κ1) is 37.2. The third-order valence-corrected chi connectivity index (χ3v) is 15.3. The highest BCUT2D eigenvalue weighted by molar-refractivity contribution is 7.89. The molecule has 0 N–H and O–H groups in total.